The number of hydrogen-bond acceptors (Lipinski definition) is 1. The lowest BCUT2D eigenvalue weighted by Gasteiger charge is -2.22. The first-order chi connectivity index (χ1) is 20.1. The van der Waals surface area contributed by atoms with E-state index in [0.717, 1.165) is 17.5 Å². The summed E-state index contributed by atoms with van der Waals surface area (Å²) in [5.74, 6) is 0.778. The molecule has 0 aliphatic rings. The molecule has 0 saturated carbocycles. The van der Waals surface area contributed by atoms with Crippen LogP contribution < -0.4 is 0 Å². The van der Waals surface area contributed by atoms with Crippen LogP contribution in [-0.4, -0.2) is 5.11 Å². The van der Waals surface area contributed by atoms with Crippen molar-refractivity contribution >= 4 is 0 Å². The van der Waals surface area contributed by atoms with Gasteiger partial charge in [0.1, 0.15) is 5.75 Å². The summed E-state index contributed by atoms with van der Waals surface area (Å²) in [5.41, 5.74) is 5.98. The van der Waals surface area contributed by atoms with Crippen molar-refractivity contribution in [3.05, 3.63) is 101 Å². The maximum Gasteiger partial charge on any atom is 0.123 e. The van der Waals surface area contributed by atoms with E-state index < -0.39 is 0 Å². The van der Waals surface area contributed by atoms with Gasteiger partial charge in [-0.3, -0.25) is 0 Å². The van der Waals surface area contributed by atoms with Gasteiger partial charge in [-0.2, -0.15) is 0 Å². The van der Waals surface area contributed by atoms with Crippen LogP contribution in [0, 0.1) is 0 Å². The highest BCUT2D eigenvalue weighted by Crippen LogP contribution is 2.40. The lowest BCUT2D eigenvalue weighted by atomic mass is 9.84. The minimum Gasteiger partial charge on any atom is -0.507 e. The van der Waals surface area contributed by atoms with E-state index in [4.69, 9.17) is 0 Å². The maximum absolute atomic E-state index is 11.5. The molecule has 0 aromatic heterocycles. The number of phenols is 1. The van der Waals surface area contributed by atoms with E-state index in [2.05, 4.69) is 93.6 Å². The van der Waals surface area contributed by atoms with E-state index in [0.29, 0.717) is 5.75 Å². The monoisotopic (exact) mass is 554 g/mol. The van der Waals surface area contributed by atoms with E-state index in [-0.39, 0.29) is 11.8 Å². The summed E-state index contributed by atoms with van der Waals surface area (Å²) in [7, 11) is 0. The second kappa shape index (κ2) is 19.6. The fourth-order valence-corrected chi connectivity index (χ4v) is 6.27. The molecule has 0 radical (unpaired) electrons. The van der Waals surface area contributed by atoms with Crippen molar-refractivity contribution in [1.29, 1.82) is 0 Å². The quantitative estimate of drug-likeness (QED) is 0.130. The van der Waals surface area contributed by atoms with E-state index in [1.54, 1.807) is 0 Å². The molecule has 0 saturated heterocycles. The number of phenolic OH excluding ortho intramolecular Hbond substituents is 1. The molecule has 0 heterocycles. The standard InChI is InChI=1S/C40H58O/c1-4-5-6-7-8-9-10-11-12-13-14-15-16-17-18-21-26-35-31-38(33(2)36-27-22-19-23-28-36)40(41)39(32-35)34(3)37-29-24-20-25-30-37/h19-20,22-25,27-34,41H,4-18,21,26H2,1-3H3. The zero-order valence-electron chi connectivity index (χ0n) is 26.6. The van der Waals surface area contributed by atoms with Gasteiger partial charge >= 0.3 is 0 Å². The molecule has 3 rings (SSSR count). The SMILES string of the molecule is CCCCCCCCCCCCCCCCCCc1cc(C(C)c2ccccc2)c(O)c(C(C)c2ccccc2)c1. The second-order valence-electron chi connectivity index (χ2n) is 12.4. The highest BCUT2D eigenvalue weighted by Gasteiger charge is 2.21. The molecule has 0 amide bonds. The largest absolute Gasteiger partial charge is 0.507 e. The van der Waals surface area contributed by atoms with Gasteiger partial charge in [0.2, 0.25) is 0 Å². The Kier molecular flexibility index (Phi) is 15.7. The Balaban J connectivity index is 1.44. The zero-order chi connectivity index (χ0) is 29.1. The minimum atomic E-state index is 0.156. The number of rotatable bonds is 21. The summed E-state index contributed by atoms with van der Waals surface area (Å²) < 4.78 is 0. The lowest BCUT2D eigenvalue weighted by molar-refractivity contribution is 0.456. The highest BCUT2D eigenvalue weighted by molar-refractivity contribution is 5.52. The summed E-state index contributed by atoms with van der Waals surface area (Å²) in [6.07, 6.45) is 23.4. The third-order valence-corrected chi connectivity index (χ3v) is 9.08. The predicted molar refractivity (Wildman–Crippen MR) is 179 cm³/mol. The molecule has 1 heteroatoms. The Bertz CT molecular complexity index is 1000. The van der Waals surface area contributed by atoms with E-state index >= 15 is 0 Å². The Morgan fingerprint density at radius 1 is 0.488 bits per heavy atom. The molecule has 0 aliphatic heterocycles. The van der Waals surface area contributed by atoms with Gasteiger partial charge < -0.3 is 5.11 Å². The number of unbranched alkanes of at least 4 members (excludes halogenated alkanes) is 15. The summed E-state index contributed by atoms with van der Waals surface area (Å²) in [6, 6.07) is 25.7. The average molecular weight is 555 g/mol. The third kappa shape index (κ3) is 11.7. The Morgan fingerprint density at radius 3 is 1.20 bits per heavy atom. The van der Waals surface area contributed by atoms with Crippen molar-refractivity contribution < 1.29 is 5.11 Å². The maximum atomic E-state index is 11.5. The lowest BCUT2D eigenvalue weighted by Crippen LogP contribution is -2.04. The fraction of sp³-hybridized carbons (Fsp3) is 0.550. The normalized spacial score (nSPS) is 12.9. The number of aromatic hydroxyl groups is 1. The predicted octanol–water partition coefficient (Wildman–Crippen LogP) is 12.5. The van der Waals surface area contributed by atoms with Gasteiger partial charge in [0.25, 0.3) is 0 Å². The van der Waals surface area contributed by atoms with Crippen molar-refractivity contribution in [3.63, 3.8) is 0 Å². The van der Waals surface area contributed by atoms with E-state index in [9.17, 15) is 5.11 Å². The van der Waals surface area contributed by atoms with Gasteiger partial charge in [-0.15, -0.1) is 0 Å². The molecule has 3 aromatic carbocycles. The molecule has 0 spiro atoms. The number of hydrogen-bond donors (Lipinski definition) is 1. The van der Waals surface area contributed by atoms with Crippen molar-refractivity contribution in [2.75, 3.05) is 0 Å². The van der Waals surface area contributed by atoms with Crippen molar-refractivity contribution in [2.24, 2.45) is 0 Å². The highest BCUT2D eigenvalue weighted by atomic mass is 16.3. The van der Waals surface area contributed by atoms with Crippen molar-refractivity contribution in [1.82, 2.24) is 0 Å². The first-order valence-electron chi connectivity index (χ1n) is 17.1. The van der Waals surface area contributed by atoms with Crippen LogP contribution in [0.3, 0.4) is 0 Å². The van der Waals surface area contributed by atoms with Crippen LogP contribution in [0.2, 0.25) is 0 Å². The molecule has 3 aromatic rings. The molecule has 0 bridgehead atoms. The second-order valence-corrected chi connectivity index (χ2v) is 12.4. The molecule has 41 heavy (non-hydrogen) atoms. The molecule has 0 aliphatic carbocycles. The smallest absolute Gasteiger partial charge is 0.123 e. The van der Waals surface area contributed by atoms with Crippen LogP contribution in [0.4, 0.5) is 0 Å². The van der Waals surface area contributed by atoms with Gasteiger partial charge in [0, 0.05) is 23.0 Å². The topological polar surface area (TPSA) is 20.2 Å². The van der Waals surface area contributed by atoms with Crippen LogP contribution in [0.5, 0.6) is 5.75 Å². The Labute approximate surface area is 252 Å². The van der Waals surface area contributed by atoms with Crippen molar-refractivity contribution in [2.45, 2.75) is 142 Å². The van der Waals surface area contributed by atoms with Gasteiger partial charge in [-0.1, -0.05) is 190 Å². The van der Waals surface area contributed by atoms with Crippen LogP contribution in [0.25, 0.3) is 0 Å². The number of benzene rings is 3. The van der Waals surface area contributed by atoms with Gasteiger partial charge in [-0.05, 0) is 29.5 Å². The Hall–Kier alpha value is -2.54. The first-order valence-corrected chi connectivity index (χ1v) is 17.1. The van der Waals surface area contributed by atoms with Crippen LogP contribution >= 0.6 is 0 Å². The Morgan fingerprint density at radius 2 is 0.829 bits per heavy atom. The van der Waals surface area contributed by atoms with E-state index in [1.165, 1.54) is 119 Å². The average Bonchev–Trinajstić information content (AvgIpc) is 3.01. The molecule has 1 nitrogen and oxygen atoms in total. The first kappa shape index (κ1) is 33.0. The number of aryl methyl sites for hydroxylation is 1. The molecule has 1 N–H and O–H groups in total. The van der Waals surface area contributed by atoms with Gasteiger partial charge in [0.15, 0.2) is 0 Å². The third-order valence-electron chi connectivity index (χ3n) is 9.08. The summed E-state index contributed by atoms with van der Waals surface area (Å²) in [6.45, 7) is 6.74. The minimum absolute atomic E-state index is 0.156. The van der Waals surface area contributed by atoms with Crippen molar-refractivity contribution in [3.8, 4) is 5.75 Å². The molecule has 2 atom stereocenters. The molecular formula is C40H58O. The summed E-state index contributed by atoms with van der Waals surface area (Å²) in [5, 5.41) is 11.5. The fourth-order valence-electron chi connectivity index (χ4n) is 6.27. The van der Waals surface area contributed by atoms with Crippen LogP contribution in [0.15, 0.2) is 72.8 Å². The summed E-state index contributed by atoms with van der Waals surface area (Å²) in [4.78, 5) is 0. The molecule has 224 valence electrons. The molecular weight excluding hydrogens is 496 g/mol. The van der Waals surface area contributed by atoms with E-state index in [1.807, 2.05) is 0 Å². The molecule has 2 unspecified atom stereocenters. The molecule has 0 fully saturated rings. The van der Waals surface area contributed by atoms with Gasteiger partial charge in [0.05, 0.1) is 0 Å². The zero-order valence-corrected chi connectivity index (χ0v) is 26.6. The van der Waals surface area contributed by atoms with Gasteiger partial charge in [-0.25, -0.2) is 0 Å². The summed E-state index contributed by atoms with van der Waals surface area (Å²) >= 11 is 0. The van der Waals surface area contributed by atoms with Crippen LogP contribution in [0.1, 0.15) is 163 Å². The van der Waals surface area contributed by atoms with Crippen LogP contribution in [-0.2, 0) is 6.42 Å².